The van der Waals surface area contributed by atoms with E-state index in [2.05, 4.69) is 10.5 Å². The standard InChI is InChI=1S/C23H28ClN3O4/c1-3-30-21-13-19(14-25-26-22(28)15-27-8-10-29-11-9-27)12-20(24)23(21)31-16-18-6-4-17(2)5-7-18/h4-7,12-14H,3,8-11,15-16H2,1-2H3,(H,26,28)/b25-14+. The van der Waals surface area contributed by atoms with Gasteiger partial charge in [-0.05, 0) is 37.1 Å². The van der Waals surface area contributed by atoms with E-state index in [-0.39, 0.29) is 12.5 Å². The first-order chi connectivity index (χ1) is 15.0. The Kier molecular flexibility index (Phi) is 8.70. The van der Waals surface area contributed by atoms with Crippen LogP contribution < -0.4 is 14.9 Å². The van der Waals surface area contributed by atoms with Crippen LogP contribution in [0.15, 0.2) is 41.5 Å². The van der Waals surface area contributed by atoms with Crippen molar-refractivity contribution in [3.05, 3.63) is 58.1 Å². The van der Waals surface area contributed by atoms with Crippen LogP contribution in [-0.2, 0) is 16.1 Å². The lowest BCUT2D eigenvalue weighted by molar-refractivity contribution is -0.123. The van der Waals surface area contributed by atoms with Crippen LogP contribution in [0.3, 0.4) is 0 Å². The van der Waals surface area contributed by atoms with Crippen molar-refractivity contribution in [3.8, 4) is 11.5 Å². The summed E-state index contributed by atoms with van der Waals surface area (Å²) in [5.41, 5.74) is 5.48. The molecule has 8 heteroatoms. The minimum atomic E-state index is -0.174. The molecule has 0 aromatic heterocycles. The number of rotatable bonds is 9. The van der Waals surface area contributed by atoms with Crippen molar-refractivity contribution in [3.63, 3.8) is 0 Å². The highest BCUT2D eigenvalue weighted by Crippen LogP contribution is 2.37. The number of nitrogens with zero attached hydrogens (tertiary/aromatic N) is 2. The van der Waals surface area contributed by atoms with Gasteiger partial charge in [0, 0.05) is 13.1 Å². The van der Waals surface area contributed by atoms with Gasteiger partial charge in [-0.1, -0.05) is 41.4 Å². The van der Waals surface area contributed by atoms with Crippen LogP contribution in [0.2, 0.25) is 5.02 Å². The molecule has 3 rings (SSSR count). The van der Waals surface area contributed by atoms with E-state index in [1.54, 1.807) is 12.1 Å². The van der Waals surface area contributed by atoms with Gasteiger partial charge in [0.2, 0.25) is 0 Å². The van der Waals surface area contributed by atoms with Crippen molar-refractivity contribution in [2.24, 2.45) is 5.10 Å². The zero-order valence-electron chi connectivity index (χ0n) is 17.9. The van der Waals surface area contributed by atoms with Gasteiger partial charge in [-0.3, -0.25) is 9.69 Å². The van der Waals surface area contributed by atoms with E-state index < -0.39 is 0 Å². The van der Waals surface area contributed by atoms with E-state index in [0.717, 1.165) is 18.7 Å². The smallest absolute Gasteiger partial charge is 0.254 e. The molecular formula is C23H28ClN3O4. The monoisotopic (exact) mass is 445 g/mol. The largest absolute Gasteiger partial charge is 0.490 e. The van der Waals surface area contributed by atoms with E-state index in [1.165, 1.54) is 11.8 Å². The third-order valence-electron chi connectivity index (χ3n) is 4.71. The van der Waals surface area contributed by atoms with Gasteiger partial charge >= 0.3 is 0 Å². The highest BCUT2D eigenvalue weighted by atomic mass is 35.5. The first-order valence-electron chi connectivity index (χ1n) is 10.3. The zero-order valence-corrected chi connectivity index (χ0v) is 18.7. The van der Waals surface area contributed by atoms with Crippen molar-refractivity contribution in [2.45, 2.75) is 20.5 Å². The second-order valence-corrected chi connectivity index (χ2v) is 7.63. The topological polar surface area (TPSA) is 72.4 Å². The van der Waals surface area contributed by atoms with Crippen LogP contribution in [-0.4, -0.2) is 56.5 Å². The highest BCUT2D eigenvalue weighted by Gasteiger charge is 2.14. The molecular weight excluding hydrogens is 418 g/mol. The van der Waals surface area contributed by atoms with Crippen molar-refractivity contribution in [2.75, 3.05) is 39.5 Å². The molecule has 1 heterocycles. The summed E-state index contributed by atoms with van der Waals surface area (Å²) in [5.74, 6) is 0.841. The maximum atomic E-state index is 12.1. The summed E-state index contributed by atoms with van der Waals surface area (Å²) in [6, 6.07) is 11.6. The Morgan fingerprint density at radius 2 is 1.97 bits per heavy atom. The fourth-order valence-corrected chi connectivity index (χ4v) is 3.36. The maximum absolute atomic E-state index is 12.1. The van der Waals surface area contributed by atoms with E-state index in [0.29, 0.717) is 48.5 Å². The van der Waals surface area contributed by atoms with Crippen LogP contribution in [0.5, 0.6) is 11.5 Å². The quantitative estimate of drug-likeness (QED) is 0.473. The Hall–Kier alpha value is -2.61. The Morgan fingerprint density at radius 3 is 2.68 bits per heavy atom. The average molecular weight is 446 g/mol. The Bertz CT molecular complexity index is 896. The van der Waals surface area contributed by atoms with Crippen LogP contribution in [0.4, 0.5) is 0 Å². The molecule has 31 heavy (non-hydrogen) atoms. The number of hydrogen-bond donors (Lipinski definition) is 1. The van der Waals surface area contributed by atoms with Crippen molar-refractivity contribution in [1.29, 1.82) is 0 Å². The molecule has 1 amide bonds. The number of amides is 1. The van der Waals surface area contributed by atoms with Crippen LogP contribution >= 0.6 is 11.6 Å². The van der Waals surface area contributed by atoms with Gasteiger partial charge in [0.1, 0.15) is 6.61 Å². The fraction of sp³-hybridized carbons (Fsp3) is 0.391. The summed E-state index contributed by atoms with van der Waals surface area (Å²) in [7, 11) is 0. The average Bonchev–Trinajstić information content (AvgIpc) is 2.75. The van der Waals surface area contributed by atoms with Gasteiger partial charge < -0.3 is 14.2 Å². The van der Waals surface area contributed by atoms with Gasteiger partial charge in [-0.15, -0.1) is 0 Å². The van der Waals surface area contributed by atoms with Crippen molar-refractivity contribution in [1.82, 2.24) is 10.3 Å². The summed E-state index contributed by atoms with van der Waals surface area (Å²) in [4.78, 5) is 14.1. The number of benzene rings is 2. The number of nitrogens with one attached hydrogen (secondary N) is 1. The summed E-state index contributed by atoms with van der Waals surface area (Å²) < 4.78 is 16.9. The SMILES string of the molecule is CCOc1cc(/C=N/NC(=O)CN2CCOCC2)cc(Cl)c1OCc1ccc(C)cc1. The predicted octanol–water partition coefficient (Wildman–Crippen LogP) is 3.41. The Labute approximate surface area is 187 Å². The number of carbonyl (C=O) groups is 1. The fourth-order valence-electron chi connectivity index (χ4n) is 3.08. The minimum Gasteiger partial charge on any atom is -0.490 e. The normalized spacial score (nSPS) is 14.5. The molecule has 1 saturated heterocycles. The molecule has 2 aromatic rings. The number of carbonyl (C=O) groups excluding carboxylic acids is 1. The summed E-state index contributed by atoms with van der Waals surface area (Å²) >= 11 is 6.46. The van der Waals surface area contributed by atoms with E-state index >= 15 is 0 Å². The number of hydrogen-bond acceptors (Lipinski definition) is 6. The van der Waals surface area contributed by atoms with Gasteiger partial charge in [0.05, 0.1) is 37.6 Å². The second-order valence-electron chi connectivity index (χ2n) is 7.22. The molecule has 7 nitrogen and oxygen atoms in total. The molecule has 0 radical (unpaired) electrons. The lowest BCUT2D eigenvalue weighted by Crippen LogP contribution is -2.42. The van der Waals surface area contributed by atoms with Crippen molar-refractivity contribution >= 4 is 23.7 Å². The summed E-state index contributed by atoms with van der Waals surface area (Å²) in [6.07, 6.45) is 1.54. The highest BCUT2D eigenvalue weighted by molar-refractivity contribution is 6.32. The van der Waals surface area contributed by atoms with E-state index in [1.807, 2.05) is 43.0 Å². The molecule has 2 aromatic carbocycles. The third kappa shape index (κ3) is 7.24. The van der Waals surface area contributed by atoms with Crippen molar-refractivity contribution < 1.29 is 19.0 Å². The molecule has 1 N–H and O–H groups in total. The maximum Gasteiger partial charge on any atom is 0.254 e. The second kappa shape index (κ2) is 11.7. The van der Waals surface area contributed by atoms with Gasteiger partial charge in [-0.2, -0.15) is 5.10 Å². The minimum absolute atomic E-state index is 0.174. The van der Waals surface area contributed by atoms with Crippen LogP contribution in [0.25, 0.3) is 0 Å². The summed E-state index contributed by atoms with van der Waals surface area (Å²) in [5, 5.41) is 4.46. The number of hydrazone groups is 1. The lowest BCUT2D eigenvalue weighted by atomic mass is 10.1. The zero-order chi connectivity index (χ0) is 22.1. The molecule has 1 fully saturated rings. The molecule has 0 aliphatic carbocycles. The molecule has 0 saturated carbocycles. The number of aryl methyl sites for hydroxylation is 1. The van der Waals surface area contributed by atoms with E-state index in [4.69, 9.17) is 25.8 Å². The van der Waals surface area contributed by atoms with Crippen LogP contribution in [0, 0.1) is 6.92 Å². The van der Waals surface area contributed by atoms with Gasteiger partial charge in [0.15, 0.2) is 11.5 Å². The molecule has 1 aliphatic heterocycles. The lowest BCUT2D eigenvalue weighted by Gasteiger charge is -2.25. The predicted molar refractivity (Wildman–Crippen MR) is 121 cm³/mol. The molecule has 0 unspecified atom stereocenters. The van der Waals surface area contributed by atoms with E-state index in [9.17, 15) is 4.79 Å². The molecule has 0 bridgehead atoms. The van der Waals surface area contributed by atoms with Crippen LogP contribution in [0.1, 0.15) is 23.6 Å². The molecule has 166 valence electrons. The van der Waals surface area contributed by atoms with Gasteiger partial charge in [-0.25, -0.2) is 5.43 Å². The number of ether oxygens (including phenoxy) is 3. The molecule has 1 aliphatic rings. The first-order valence-corrected chi connectivity index (χ1v) is 10.7. The molecule has 0 spiro atoms. The third-order valence-corrected chi connectivity index (χ3v) is 4.99. The van der Waals surface area contributed by atoms with Gasteiger partial charge in [0.25, 0.3) is 5.91 Å². The number of halogens is 1. The molecule has 0 atom stereocenters. The summed E-state index contributed by atoms with van der Waals surface area (Å²) in [6.45, 7) is 7.85. The Morgan fingerprint density at radius 1 is 1.23 bits per heavy atom. The Balaban J connectivity index is 1.62. The number of morpholine rings is 1. The first kappa shape index (κ1) is 23.1.